The maximum atomic E-state index is 9.76. The van der Waals surface area contributed by atoms with E-state index in [1.165, 1.54) is 7.11 Å². The number of pyridine rings is 1. The molecule has 2 aromatic carbocycles. The highest BCUT2D eigenvalue weighted by molar-refractivity contribution is 6.40. The Morgan fingerprint density at radius 3 is 2.67 bits per heavy atom. The monoisotopic (exact) mass is 259 g/mol. The Labute approximate surface area is 109 Å². The van der Waals surface area contributed by atoms with E-state index in [0.29, 0.717) is 16.3 Å². The minimum absolute atomic E-state index is 0.0591. The summed E-state index contributed by atoms with van der Waals surface area (Å²) in [4.78, 5) is 4.47. The lowest BCUT2D eigenvalue weighted by Gasteiger charge is -2.08. The van der Waals surface area contributed by atoms with Gasteiger partial charge in [0.15, 0.2) is 11.5 Å². The van der Waals surface area contributed by atoms with E-state index >= 15 is 0 Å². The lowest BCUT2D eigenvalue weighted by atomic mass is 10.1. The number of para-hydroxylation sites is 1. The van der Waals surface area contributed by atoms with E-state index in [9.17, 15) is 5.11 Å². The van der Waals surface area contributed by atoms with E-state index in [1.54, 1.807) is 12.1 Å². The molecule has 3 rings (SSSR count). The fourth-order valence-corrected chi connectivity index (χ4v) is 2.33. The van der Waals surface area contributed by atoms with Crippen LogP contribution in [-0.2, 0) is 0 Å². The second-order valence-electron chi connectivity index (χ2n) is 3.98. The van der Waals surface area contributed by atoms with Gasteiger partial charge in [-0.3, -0.25) is 0 Å². The molecule has 90 valence electrons. The molecule has 0 saturated carbocycles. The van der Waals surface area contributed by atoms with Crippen LogP contribution in [0.25, 0.3) is 21.8 Å². The van der Waals surface area contributed by atoms with Crippen LogP contribution in [0.3, 0.4) is 0 Å². The molecular weight excluding hydrogens is 250 g/mol. The summed E-state index contributed by atoms with van der Waals surface area (Å²) in [6, 6.07) is 10.9. The fourth-order valence-electron chi connectivity index (χ4n) is 2.02. The normalized spacial score (nSPS) is 11.0. The second kappa shape index (κ2) is 4.03. The summed E-state index contributed by atoms with van der Waals surface area (Å²) in [5.74, 6) is 0.449. The number of aromatic hydroxyl groups is 1. The molecule has 4 heteroatoms. The number of hydrogen-bond donors (Lipinski definition) is 1. The predicted molar refractivity (Wildman–Crippen MR) is 72.5 cm³/mol. The van der Waals surface area contributed by atoms with Crippen molar-refractivity contribution in [3.8, 4) is 11.5 Å². The molecule has 1 N–H and O–H groups in total. The van der Waals surface area contributed by atoms with Crippen molar-refractivity contribution in [1.29, 1.82) is 0 Å². The topological polar surface area (TPSA) is 42.4 Å². The van der Waals surface area contributed by atoms with Crippen LogP contribution in [0.2, 0.25) is 5.02 Å². The van der Waals surface area contributed by atoms with E-state index in [1.807, 2.05) is 24.3 Å². The molecule has 0 aliphatic rings. The van der Waals surface area contributed by atoms with E-state index < -0.39 is 0 Å². The highest BCUT2D eigenvalue weighted by Crippen LogP contribution is 2.36. The van der Waals surface area contributed by atoms with Gasteiger partial charge in [0.05, 0.1) is 23.2 Å². The quantitative estimate of drug-likeness (QED) is 0.677. The van der Waals surface area contributed by atoms with Crippen LogP contribution in [-0.4, -0.2) is 17.2 Å². The molecule has 0 radical (unpaired) electrons. The molecule has 1 aromatic heterocycles. The number of rotatable bonds is 1. The molecule has 18 heavy (non-hydrogen) atoms. The van der Waals surface area contributed by atoms with Crippen molar-refractivity contribution in [2.24, 2.45) is 0 Å². The number of fused-ring (bicyclic) bond motifs is 2. The molecule has 0 atom stereocenters. The van der Waals surface area contributed by atoms with Crippen molar-refractivity contribution >= 4 is 33.4 Å². The van der Waals surface area contributed by atoms with E-state index in [2.05, 4.69) is 4.98 Å². The smallest absolute Gasteiger partial charge is 0.161 e. The zero-order valence-electron chi connectivity index (χ0n) is 9.64. The summed E-state index contributed by atoms with van der Waals surface area (Å²) in [6.07, 6.45) is 0. The van der Waals surface area contributed by atoms with Gasteiger partial charge in [0, 0.05) is 16.8 Å². The third kappa shape index (κ3) is 1.56. The summed E-state index contributed by atoms with van der Waals surface area (Å²) in [5, 5.41) is 12.0. The maximum Gasteiger partial charge on any atom is 0.161 e. The molecule has 0 unspecified atom stereocenters. The van der Waals surface area contributed by atoms with Gasteiger partial charge in [0.1, 0.15) is 0 Å². The Bertz CT molecular complexity index is 755. The Morgan fingerprint density at radius 2 is 1.89 bits per heavy atom. The van der Waals surface area contributed by atoms with Crippen LogP contribution in [0.1, 0.15) is 0 Å². The molecule has 3 nitrogen and oxygen atoms in total. The first kappa shape index (κ1) is 11.1. The summed E-state index contributed by atoms with van der Waals surface area (Å²) in [5.41, 5.74) is 1.46. The molecule has 0 bridgehead atoms. The first-order valence-corrected chi connectivity index (χ1v) is 5.83. The van der Waals surface area contributed by atoms with Crippen LogP contribution in [0.5, 0.6) is 11.5 Å². The Hall–Kier alpha value is -2.00. The van der Waals surface area contributed by atoms with Gasteiger partial charge in [-0.2, -0.15) is 0 Å². The van der Waals surface area contributed by atoms with E-state index in [-0.39, 0.29) is 5.75 Å². The largest absolute Gasteiger partial charge is 0.504 e. The minimum atomic E-state index is 0.0591. The molecule has 0 saturated heterocycles. The van der Waals surface area contributed by atoms with Gasteiger partial charge in [0.25, 0.3) is 0 Å². The first-order chi connectivity index (χ1) is 8.70. The summed E-state index contributed by atoms with van der Waals surface area (Å²) < 4.78 is 5.08. The Morgan fingerprint density at radius 1 is 1.11 bits per heavy atom. The lowest BCUT2D eigenvalue weighted by molar-refractivity contribution is 0.374. The first-order valence-electron chi connectivity index (χ1n) is 5.45. The van der Waals surface area contributed by atoms with Gasteiger partial charge in [-0.05, 0) is 12.1 Å². The molecule has 0 aliphatic heterocycles. The van der Waals surface area contributed by atoms with Crippen LogP contribution < -0.4 is 4.74 Å². The number of benzene rings is 2. The highest BCUT2D eigenvalue weighted by atomic mass is 35.5. The van der Waals surface area contributed by atoms with Crippen molar-refractivity contribution in [3.05, 3.63) is 41.4 Å². The second-order valence-corrected chi connectivity index (χ2v) is 4.36. The van der Waals surface area contributed by atoms with Crippen LogP contribution in [0.4, 0.5) is 0 Å². The third-order valence-electron chi connectivity index (χ3n) is 2.92. The number of phenolic OH excluding ortho intramolecular Hbond substituents is 1. The van der Waals surface area contributed by atoms with Gasteiger partial charge >= 0.3 is 0 Å². The minimum Gasteiger partial charge on any atom is -0.504 e. The average Bonchev–Trinajstić information content (AvgIpc) is 2.38. The number of hydrogen-bond acceptors (Lipinski definition) is 3. The standard InChI is InChI=1S/C14H10ClNO2/c1-18-13-6-9-11(7-12(13)17)16-10-5-3-2-4-8(10)14(9)15/h2-7,17H,1H3. The molecule has 0 aliphatic carbocycles. The number of methoxy groups -OCH3 is 1. The Balaban J connectivity index is 2.48. The van der Waals surface area contributed by atoms with Gasteiger partial charge in [0.2, 0.25) is 0 Å². The number of aromatic nitrogens is 1. The average molecular weight is 260 g/mol. The van der Waals surface area contributed by atoms with E-state index in [0.717, 1.165) is 16.3 Å². The molecular formula is C14H10ClNO2. The number of nitrogens with zero attached hydrogens (tertiary/aromatic N) is 1. The van der Waals surface area contributed by atoms with E-state index in [4.69, 9.17) is 16.3 Å². The van der Waals surface area contributed by atoms with Gasteiger partial charge < -0.3 is 9.84 Å². The van der Waals surface area contributed by atoms with Crippen LogP contribution >= 0.6 is 11.6 Å². The fraction of sp³-hybridized carbons (Fsp3) is 0.0714. The molecule has 0 fully saturated rings. The van der Waals surface area contributed by atoms with Gasteiger partial charge in [-0.15, -0.1) is 0 Å². The molecule has 0 spiro atoms. The predicted octanol–water partition coefficient (Wildman–Crippen LogP) is 3.76. The number of halogens is 1. The zero-order chi connectivity index (χ0) is 12.7. The van der Waals surface area contributed by atoms with Gasteiger partial charge in [-0.1, -0.05) is 29.8 Å². The summed E-state index contributed by atoms with van der Waals surface area (Å²) >= 11 is 6.38. The van der Waals surface area contributed by atoms with Crippen molar-refractivity contribution in [1.82, 2.24) is 4.98 Å². The SMILES string of the molecule is COc1cc2c(Cl)c3ccccc3nc2cc1O. The van der Waals surface area contributed by atoms with Gasteiger partial charge in [-0.25, -0.2) is 4.98 Å². The number of ether oxygens (including phenoxy) is 1. The molecule has 1 heterocycles. The Kier molecular flexibility index (Phi) is 2.49. The van der Waals surface area contributed by atoms with Crippen molar-refractivity contribution in [2.75, 3.05) is 7.11 Å². The van der Waals surface area contributed by atoms with Crippen LogP contribution in [0, 0.1) is 0 Å². The zero-order valence-corrected chi connectivity index (χ0v) is 10.4. The highest BCUT2D eigenvalue weighted by Gasteiger charge is 2.11. The van der Waals surface area contributed by atoms with Crippen molar-refractivity contribution in [2.45, 2.75) is 0 Å². The summed E-state index contributed by atoms with van der Waals surface area (Å²) in [6.45, 7) is 0. The maximum absolute atomic E-state index is 9.76. The third-order valence-corrected chi connectivity index (χ3v) is 3.32. The number of phenols is 1. The molecule has 0 amide bonds. The van der Waals surface area contributed by atoms with Crippen molar-refractivity contribution < 1.29 is 9.84 Å². The lowest BCUT2D eigenvalue weighted by Crippen LogP contribution is -1.88. The molecule has 3 aromatic rings. The van der Waals surface area contributed by atoms with Crippen LogP contribution in [0.15, 0.2) is 36.4 Å². The van der Waals surface area contributed by atoms with Crippen molar-refractivity contribution in [3.63, 3.8) is 0 Å². The summed E-state index contributed by atoms with van der Waals surface area (Å²) in [7, 11) is 1.50.